The molecule has 0 aliphatic carbocycles. The van der Waals surface area contributed by atoms with Crippen LogP contribution < -0.4 is 5.32 Å². The molecule has 1 aromatic rings. The van der Waals surface area contributed by atoms with Gasteiger partial charge in [-0.2, -0.15) is 0 Å². The Morgan fingerprint density at radius 3 is 2.89 bits per heavy atom. The predicted molar refractivity (Wildman–Crippen MR) is 79.2 cm³/mol. The molecule has 2 nitrogen and oxygen atoms in total. The van der Waals surface area contributed by atoms with Crippen molar-refractivity contribution in [2.45, 2.75) is 45.1 Å². The van der Waals surface area contributed by atoms with Gasteiger partial charge in [0.25, 0.3) is 0 Å². The van der Waals surface area contributed by atoms with E-state index < -0.39 is 0 Å². The Morgan fingerprint density at radius 2 is 2.11 bits per heavy atom. The first-order chi connectivity index (χ1) is 8.81. The number of nitrogens with one attached hydrogen (secondary N) is 1. The van der Waals surface area contributed by atoms with Gasteiger partial charge in [0, 0.05) is 18.3 Å². The van der Waals surface area contributed by atoms with Crippen LogP contribution in [0.5, 0.6) is 0 Å². The number of anilines is 1. The third-order valence-electron chi connectivity index (χ3n) is 4.11. The van der Waals surface area contributed by atoms with Crippen LogP contribution in [0.2, 0.25) is 0 Å². The molecule has 0 bridgehead atoms. The molecule has 1 aliphatic rings. The molecular formula is C16H26N2. The summed E-state index contributed by atoms with van der Waals surface area (Å²) in [7, 11) is 2.27. The number of nitrogens with zero attached hydrogens (tertiary/aromatic N) is 1. The van der Waals surface area contributed by atoms with Gasteiger partial charge in [0.2, 0.25) is 0 Å². The Bertz CT molecular complexity index is 362. The lowest BCUT2D eigenvalue weighted by Gasteiger charge is -2.32. The summed E-state index contributed by atoms with van der Waals surface area (Å²) < 4.78 is 0. The summed E-state index contributed by atoms with van der Waals surface area (Å²) in [6.45, 7) is 4.58. The molecule has 18 heavy (non-hydrogen) atoms. The first-order valence-corrected chi connectivity index (χ1v) is 7.33. The second-order valence-electron chi connectivity index (χ2n) is 5.36. The van der Waals surface area contributed by atoms with E-state index in [0.717, 1.165) is 19.0 Å². The molecule has 1 heterocycles. The summed E-state index contributed by atoms with van der Waals surface area (Å²) in [5.74, 6) is 0. The van der Waals surface area contributed by atoms with E-state index >= 15 is 0 Å². The molecule has 1 aliphatic heterocycles. The molecule has 1 unspecified atom stereocenters. The van der Waals surface area contributed by atoms with Crippen molar-refractivity contribution < 1.29 is 0 Å². The van der Waals surface area contributed by atoms with Crippen molar-refractivity contribution in [3.63, 3.8) is 0 Å². The highest BCUT2D eigenvalue weighted by atomic mass is 15.1. The van der Waals surface area contributed by atoms with Crippen LogP contribution in [0.15, 0.2) is 24.3 Å². The molecule has 0 spiro atoms. The molecule has 100 valence electrons. The maximum Gasteiger partial charge on any atom is 0.0372 e. The normalized spacial score (nSPS) is 20.9. The monoisotopic (exact) mass is 246 g/mol. The van der Waals surface area contributed by atoms with Gasteiger partial charge in [-0.1, -0.05) is 31.5 Å². The van der Waals surface area contributed by atoms with E-state index in [-0.39, 0.29) is 0 Å². The molecular weight excluding hydrogens is 220 g/mol. The largest absolute Gasteiger partial charge is 0.385 e. The molecule has 2 rings (SSSR count). The lowest BCUT2D eigenvalue weighted by atomic mass is 10.00. The van der Waals surface area contributed by atoms with Gasteiger partial charge in [0.05, 0.1) is 0 Å². The van der Waals surface area contributed by atoms with Crippen molar-refractivity contribution in [3.8, 4) is 0 Å². The second kappa shape index (κ2) is 6.79. The van der Waals surface area contributed by atoms with Crippen LogP contribution >= 0.6 is 0 Å². The van der Waals surface area contributed by atoms with Gasteiger partial charge >= 0.3 is 0 Å². The zero-order chi connectivity index (χ0) is 12.8. The van der Waals surface area contributed by atoms with Crippen LogP contribution in [-0.2, 0) is 6.42 Å². The zero-order valence-electron chi connectivity index (χ0n) is 11.8. The molecule has 1 atom stereocenters. The Morgan fingerprint density at radius 1 is 1.28 bits per heavy atom. The van der Waals surface area contributed by atoms with Crippen LogP contribution in [0.3, 0.4) is 0 Å². The zero-order valence-corrected chi connectivity index (χ0v) is 11.8. The highest BCUT2D eigenvalue weighted by molar-refractivity contribution is 5.50. The first kappa shape index (κ1) is 13.4. The number of para-hydroxylation sites is 1. The van der Waals surface area contributed by atoms with Crippen LogP contribution in [0.1, 0.15) is 38.2 Å². The SMILES string of the molecule is CCc1ccccc1NCCC1CCCCN1C. The van der Waals surface area contributed by atoms with E-state index in [1.54, 1.807) is 0 Å². The van der Waals surface area contributed by atoms with Crippen LogP contribution in [0, 0.1) is 0 Å². The van der Waals surface area contributed by atoms with E-state index in [4.69, 9.17) is 0 Å². The van der Waals surface area contributed by atoms with Crippen molar-refractivity contribution >= 4 is 5.69 Å². The maximum atomic E-state index is 3.61. The topological polar surface area (TPSA) is 15.3 Å². The van der Waals surface area contributed by atoms with Crippen LogP contribution in [0.25, 0.3) is 0 Å². The number of rotatable bonds is 5. The fourth-order valence-corrected chi connectivity index (χ4v) is 2.88. The lowest BCUT2D eigenvalue weighted by Crippen LogP contribution is -2.37. The Hall–Kier alpha value is -1.02. The molecule has 0 radical (unpaired) electrons. The van der Waals surface area contributed by atoms with E-state index in [1.165, 1.54) is 43.5 Å². The summed E-state index contributed by atoms with van der Waals surface area (Å²) in [5, 5.41) is 3.61. The molecule has 2 heteroatoms. The fourth-order valence-electron chi connectivity index (χ4n) is 2.88. The summed E-state index contributed by atoms with van der Waals surface area (Å²) in [6, 6.07) is 9.44. The second-order valence-corrected chi connectivity index (χ2v) is 5.36. The van der Waals surface area contributed by atoms with Crippen LogP contribution in [0.4, 0.5) is 5.69 Å². The van der Waals surface area contributed by atoms with E-state index in [0.29, 0.717) is 0 Å². The Balaban J connectivity index is 1.80. The number of hydrogen-bond acceptors (Lipinski definition) is 2. The van der Waals surface area contributed by atoms with E-state index in [9.17, 15) is 0 Å². The molecule has 0 aromatic heterocycles. The van der Waals surface area contributed by atoms with Crippen LogP contribution in [-0.4, -0.2) is 31.1 Å². The number of piperidine rings is 1. The molecule has 1 fully saturated rings. The van der Waals surface area contributed by atoms with E-state index in [2.05, 4.69) is 48.5 Å². The Labute approximate surface area is 111 Å². The number of likely N-dealkylation sites (tertiary alicyclic amines) is 1. The van der Waals surface area contributed by atoms with Crippen molar-refractivity contribution in [3.05, 3.63) is 29.8 Å². The minimum Gasteiger partial charge on any atom is -0.385 e. The van der Waals surface area contributed by atoms with Gasteiger partial charge in [-0.3, -0.25) is 0 Å². The summed E-state index contributed by atoms with van der Waals surface area (Å²) in [5.41, 5.74) is 2.74. The minimum atomic E-state index is 0.778. The summed E-state index contributed by atoms with van der Waals surface area (Å²) in [6.07, 6.45) is 6.51. The quantitative estimate of drug-likeness (QED) is 0.855. The first-order valence-electron chi connectivity index (χ1n) is 7.33. The van der Waals surface area contributed by atoms with Crippen molar-refractivity contribution in [2.75, 3.05) is 25.5 Å². The van der Waals surface area contributed by atoms with Gasteiger partial charge in [0.1, 0.15) is 0 Å². The third-order valence-corrected chi connectivity index (χ3v) is 4.11. The average Bonchev–Trinajstić information content (AvgIpc) is 2.41. The predicted octanol–water partition coefficient (Wildman–Crippen LogP) is 3.54. The van der Waals surface area contributed by atoms with Crippen molar-refractivity contribution in [1.82, 2.24) is 4.90 Å². The summed E-state index contributed by atoms with van der Waals surface area (Å²) in [4.78, 5) is 2.52. The molecule has 0 amide bonds. The van der Waals surface area contributed by atoms with Gasteiger partial charge in [0.15, 0.2) is 0 Å². The summed E-state index contributed by atoms with van der Waals surface area (Å²) >= 11 is 0. The van der Waals surface area contributed by atoms with Gasteiger partial charge in [-0.15, -0.1) is 0 Å². The smallest absolute Gasteiger partial charge is 0.0372 e. The highest BCUT2D eigenvalue weighted by Crippen LogP contribution is 2.19. The van der Waals surface area contributed by atoms with Crippen molar-refractivity contribution in [1.29, 1.82) is 0 Å². The molecule has 1 aromatic carbocycles. The van der Waals surface area contributed by atoms with Gasteiger partial charge in [-0.05, 0) is 50.9 Å². The minimum absolute atomic E-state index is 0.778. The molecule has 0 saturated carbocycles. The lowest BCUT2D eigenvalue weighted by molar-refractivity contribution is 0.179. The van der Waals surface area contributed by atoms with Gasteiger partial charge in [-0.25, -0.2) is 0 Å². The van der Waals surface area contributed by atoms with Gasteiger partial charge < -0.3 is 10.2 Å². The maximum absolute atomic E-state index is 3.61. The Kier molecular flexibility index (Phi) is 5.06. The fraction of sp³-hybridized carbons (Fsp3) is 0.625. The number of benzene rings is 1. The molecule has 1 N–H and O–H groups in total. The van der Waals surface area contributed by atoms with Crippen molar-refractivity contribution in [2.24, 2.45) is 0 Å². The highest BCUT2D eigenvalue weighted by Gasteiger charge is 2.17. The van der Waals surface area contributed by atoms with E-state index in [1.807, 2.05) is 0 Å². The average molecular weight is 246 g/mol. The number of aryl methyl sites for hydroxylation is 1. The molecule has 1 saturated heterocycles. The standard InChI is InChI=1S/C16H26N2/c1-3-14-8-4-5-10-16(14)17-12-11-15-9-6-7-13-18(15)2/h4-5,8,10,15,17H,3,6-7,9,11-13H2,1-2H3. The number of hydrogen-bond donors (Lipinski definition) is 1. The third kappa shape index (κ3) is 3.49.